The van der Waals surface area contributed by atoms with E-state index in [2.05, 4.69) is 59.9 Å². The van der Waals surface area contributed by atoms with Crippen molar-refractivity contribution < 1.29 is 0 Å². The maximum absolute atomic E-state index is 3.45. The van der Waals surface area contributed by atoms with Crippen LogP contribution in [0.4, 0.5) is 0 Å². The quantitative estimate of drug-likeness (QED) is 0.667. The number of hydrogen-bond donors (Lipinski definition) is 3. The predicted molar refractivity (Wildman–Crippen MR) is 73.1 cm³/mol. The fourth-order valence-corrected chi connectivity index (χ4v) is 1.95. The molecule has 92 valence electrons. The number of benzene rings is 1. The molecule has 17 heavy (non-hydrogen) atoms. The Morgan fingerprint density at radius 3 is 2.82 bits per heavy atom. The number of rotatable bonds is 6. The predicted octanol–water partition coefficient (Wildman–Crippen LogP) is 2.26. The van der Waals surface area contributed by atoms with Gasteiger partial charge in [0.05, 0.1) is 0 Å². The van der Waals surface area contributed by atoms with Crippen LogP contribution in [0.25, 0.3) is 10.9 Å². The van der Waals surface area contributed by atoms with Gasteiger partial charge in [0.25, 0.3) is 0 Å². The lowest BCUT2D eigenvalue weighted by Gasteiger charge is -2.08. The Labute approximate surface area is 103 Å². The molecule has 2 rings (SSSR count). The first-order valence-corrected chi connectivity index (χ1v) is 6.26. The molecule has 0 saturated carbocycles. The van der Waals surface area contributed by atoms with Crippen LogP contribution < -0.4 is 10.6 Å². The van der Waals surface area contributed by atoms with E-state index in [0.29, 0.717) is 6.04 Å². The van der Waals surface area contributed by atoms with Crippen molar-refractivity contribution in [2.24, 2.45) is 0 Å². The van der Waals surface area contributed by atoms with Gasteiger partial charge < -0.3 is 15.6 Å². The van der Waals surface area contributed by atoms with Crippen LogP contribution in [0.5, 0.6) is 0 Å². The minimum absolute atomic E-state index is 0.560. The first-order valence-electron chi connectivity index (χ1n) is 6.26. The van der Waals surface area contributed by atoms with E-state index in [9.17, 15) is 0 Å². The van der Waals surface area contributed by atoms with E-state index in [1.165, 1.54) is 16.5 Å². The molecule has 0 fully saturated rings. The summed E-state index contributed by atoms with van der Waals surface area (Å²) in [6.07, 6.45) is 2.09. The van der Waals surface area contributed by atoms with Crippen molar-refractivity contribution in [2.45, 2.75) is 26.4 Å². The third-order valence-electron chi connectivity index (χ3n) is 2.84. The lowest BCUT2D eigenvalue weighted by molar-refractivity contribution is 0.556. The molecule has 0 saturated heterocycles. The normalized spacial score (nSPS) is 11.5. The second kappa shape index (κ2) is 5.84. The fourth-order valence-electron chi connectivity index (χ4n) is 1.95. The molecular weight excluding hydrogens is 210 g/mol. The Kier molecular flexibility index (Phi) is 4.18. The SMILES string of the molecule is CC(C)NCCNCc1c[nH]c2ccccc12. The molecule has 0 bridgehead atoms. The summed E-state index contributed by atoms with van der Waals surface area (Å²) in [4.78, 5) is 3.29. The van der Waals surface area contributed by atoms with E-state index >= 15 is 0 Å². The van der Waals surface area contributed by atoms with Crippen molar-refractivity contribution in [3.63, 3.8) is 0 Å². The molecule has 0 aliphatic rings. The van der Waals surface area contributed by atoms with Crippen molar-refractivity contribution in [3.05, 3.63) is 36.0 Å². The van der Waals surface area contributed by atoms with Gasteiger partial charge in [0.2, 0.25) is 0 Å². The largest absolute Gasteiger partial charge is 0.361 e. The molecule has 3 N–H and O–H groups in total. The molecule has 0 atom stereocenters. The van der Waals surface area contributed by atoms with Crippen molar-refractivity contribution in [3.8, 4) is 0 Å². The summed E-state index contributed by atoms with van der Waals surface area (Å²) in [5, 5.41) is 8.16. The van der Waals surface area contributed by atoms with Crippen molar-refractivity contribution in [2.75, 3.05) is 13.1 Å². The Balaban J connectivity index is 1.83. The van der Waals surface area contributed by atoms with Gasteiger partial charge in [-0.05, 0) is 11.6 Å². The van der Waals surface area contributed by atoms with Crippen LogP contribution in [0.2, 0.25) is 0 Å². The molecule has 0 unspecified atom stereocenters. The van der Waals surface area contributed by atoms with Gasteiger partial charge in [-0.1, -0.05) is 32.0 Å². The highest BCUT2D eigenvalue weighted by atomic mass is 15.0. The molecule has 0 aliphatic heterocycles. The topological polar surface area (TPSA) is 39.8 Å². The van der Waals surface area contributed by atoms with E-state index in [1.54, 1.807) is 0 Å². The van der Waals surface area contributed by atoms with Crippen molar-refractivity contribution in [1.82, 2.24) is 15.6 Å². The first kappa shape index (κ1) is 12.1. The van der Waals surface area contributed by atoms with Gasteiger partial charge in [-0.2, -0.15) is 0 Å². The van der Waals surface area contributed by atoms with E-state index in [0.717, 1.165) is 19.6 Å². The first-order chi connectivity index (χ1) is 8.27. The standard InChI is InChI=1S/C14H21N3/c1-11(2)16-8-7-15-9-12-10-17-14-6-4-3-5-13(12)14/h3-6,10-11,15-17H,7-9H2,1-2H3. The zero-order valence-electron chi connectivity index (χ0n) is 10.6. The summed E-state index contributed by atoms with van der Waals surface area (Å²) in [5.41, 5.74) is 2.55. The molecule has 0 radical (unpaired) electrons. The van der Waals surface area contributed by atoms with Gasteiger partial charge in [-0.3, -0.25) is 0 Å². The van der Waals surface area contributed by atoms with Gasteiger partial charge in [0.15, 0.2) is 0 Å². The average molecular weight is 231 g/mol. The second-order valence-corrected chi connectivity index (χ2v) is 4.65. The second-order valence-electron chi connectivity index (χ2n) is 4.65. The summed E-state index contributed by atoms with van der Waals surface area (Å²) in [7, 11) is 0. The average Bonchev–Trinajstić information content (AvgIpc) is 2.72. The van der Waals surface area contributed by atoms with E-state index in [4.69, 9.17) is 0 Å². The van der Waals surface area contributed by atoms with Crippen LogP contribution in [0, 0.1) is 0 Å². The van der Waals surface area contributed by atoms with Crippen LogP contribution >= 0.6 is 0 Å². The monoisotopic (exact) mass is 231 g/mol. The number of hydrogen-bond acceptors (Lipinski definition) is 2. The summed E-state index contributed by atoms with van der Waals surface area (Å²) >= 11 is 0. The van der Waals surface area contributed by atoms with Gasteiger partial charge in [0.1, 0.15) is 0 Å². The van der Waals surface area contributed by atoms with Crippen molar-refractivity contribution in [1.29, 1.82) is 0 Å². The van der Waals surface area contributed by atoms with E-state index in [1.807, 2.05) is 0 Å². The van der Waals surface area contributed by atoms with Gasteiger partial charge in [-0.25, -0.2) is 0 Å². The highest BCUT2D eigenvalue weighted by molar-refractivity contribution is 5.82. The maximum Gasteiger partial charge on any atom is 0.0457 e. The van der Waals surface area contributed by atoms with Crippen LogP contribution in [0.15, 0.2) is 30.5 Å². The third-order valence-corrected chi connectivity index (χ3v) is 2.84. The number of nitrogens with one attached hydrogen (secondary N) is 3. The van der Waals surface area contributed by atoms with Gasteiger partial charge >= 0.3 is 0 Å². The van der Waals surface area contributed by atoms with E-state index < -0.39 is 0 Å². The minimum Gasteiger partial charge on any atom is -0.361 e. The Morgan fingerprint density at radius 2 is 2.00 bits per heavy atom. The van der Waals surface area contributed by atoms with Crippen LogP contribution in [-0.4, -0.2) is 24.1 Å². The fraction of sp³-hybridized carbons (Fsp3) is 0.429. The van der Waals surface area contributed by atoms with Crippen LogP contribution in [-0.2, 0) is 6.54 Å². The number of aromatic nitrogens is 1. The highest BCUT2D eigenvalue weighted by Crippen LogP contribution is 2.16. The molecule has 1 heterocycles. The van der Waals surface area contributed by atoms with Gasteiger partial charge in [-0.15, -0.1) is 0 Å². The Hall–Kier alpha value is -1.32. The maximum atomic E-state index is 3.45. The number of fused-ring (bicyclic) bond motifs is 1. The number of aromatic amines is 1. The smallest absolute Gasteiger partial charge is 0.0457 e. The summed E-state index contributed by atoms with van der Waals surface area (Å²) in [6.45, 7) is 7.26. The summed E-state index contributed by atoms with van der Waals surface area (Å²) in [6, 6.07) is 8.97. The van der Waals surface area contributed by atoms with E-state index in [-0.39, 0.29) is 0 Å². The minimum atomic E-state index is 0.560. The van der Waals surface area contributed by atoms with Crippen molar-refractivity contribution >= 4 is 10.9 Å². The Morgan fingerprint density at radius 1 is 1.18 bits per heavy atom. The summed E-state index contributed by atoms with van der Waals surface area (Å²) < 4.78 is 0. The third kappa shape index (κ3) is 3.32. The number of H-pyrrole nitrogens is 1. The molecule has 3 heteroatoms. The summed E-state index contributed by atoms with van der Waals surface area (Å²) in [5.74, 6) is 0. The molecule has 0 aliphatic carbocycles. The molecule has 1 aromatic carbocycles. The lowest BCUT2D eigenvalue weighted by Crippen LogP contribution is -2.31. The molecule has 2 aromatic rings. The van der Waals surface area contributed by atoms with Crippen LogP contribution in [0.1, 0.15) is 19.4 Å². The van der Waals surface area contributed by atoms with Gasteiger partial charge in [0, 0.05) is 42.8 Å². The lowest BCUT2D eigenvalue weighted by atomic mass is 10.2. The highest BCUT2D eigenvalue weighted by Gasteiger charge is 2.01. The zero-order valence-corrected chi connectivity index (χ0v) is 10.6. The Bertz CT molecular complexity index is 459. The number of para-hydroxylation sites is 1. The molecule has 0 amide bonds. The molecule has 3 nitrogen and oxygen atoms in total. The zero-order chi connectivity index (χ0) is 12.1. The van der Waals surface area contributed by atoms with Crippen LogP contribution in [0.3, 0.4) is 0 Å². The molecular formula is C14H21N3. The molecule has 1 aromatic heterocycles. The molecule has 0 spiro atoms.